The Morgan fingerprint density at radius 1 is 0.812 bits per heavy atom. The van der Waals surface area contributed by atoms with Gasteiger partial charge in [-0.25, -0.2) is 29.2 Å². The molecule has 5 atom stereocenters. The summed E-state index contributed by atoms with van der Waals surface area (Å²) >= 11 is 13.3. The number of rotatable bonds is 2. The second kappa shape index (κ2) is 17.2. The van der Waals surface area contributed by atoms with Crippen molar-refractivity contribution >= 4 is 26.4 Å². The van der Waals surface area contributed by atoms with E-state index in [1.54, 1.807) is 17.0 Å². The SMILES string of the molecule is C[C-]1C2=C3Cc4ccccc4C3C3CCCCC3C2CC(C)C1(C)C.Clc1cccc([C](=[Zr+2])c2cccc(Cl)c2)c1.[Cl-].[Cl-].c1cc[cH-]c1. The van der Waals surface area contributed by atoms with Crippen molar-refractivity contribution in [2.24, 2.45) is 29.1 Å². The Kier molecular flexibility index (Phi) is 14.1. The van der Waals surface area contributed by atoms with Crippen molar-refractivity contribution in [3.63, 3.8) is 0 Å². The van der Waals surface area contributed by atoms with Crippen LogP contribution in [0.2, 0.25) is 10.0 Å². The van der Waals surface area contributed by atoms with E-state index in [2.05, 4.69) is 64.1 Å². The first-order valence-electron chi connectivity index (χ1n) is 17.1. The van der Waals surface area contributed by atoms with Gasteiger partial charge < -0.3 is 24.8 Å². The van der Waals surface area contributed by atoms with Gasteiger partial charge in [-0.15, -0.1) is 6.92 Å². The summed E-state index contributed by atoms with van der Waals surface area (Å²) in [4.78, 5) is 0. The maximum atomic E-state index is 5.98. The number of hydrogen-bond acceptors (Lipinski definition) is 0. The van der Waals surface area contributed by atoms with Crippen LogP contribution in [-0.4, -0.2) is 3.21 Å². The molecule has 5 unspecified atom stereocenters. The summed E-state index contributed by atoms with van der Waals surface area (Å²) in [6.45, 7) is 9.99. The van der Waals surface area contributed by atoms with Crippen molar-refractivity contribution in [3.05, 3.63) is 152 Å². The van der Waals surface area contributed by atoms with Gasteiger partial charge in [-0.1, -0.05) is 99.1 Å². The smallest absolute Gasteiger partial charge is 0.172 e. The topological polar surface area (TPSA) is 0 Å². The average Bonchev–Trinajstić information content (AvgIpc) is 3.76. The molecule has 4 aromatic rings. The van der Waals surface area contributed by atoms with Crippen LogP contribution >= 0.6 is 23.2 Å². The van der Waals surface area contributed by atoms with E-state index in [9.17, 15) is 0 Å². The Morgan fingerprint density at radius 2 is 1.40 bits per heavy atom. The number of halogens is 4. The minimum Gasteiger partial charge on any atom is -1.00 e. The molecule has 0 aromatic heterocycles. The molecular weight excluding hydrogens is 750 g/mol. The van der Waals surface area contributed by atoms with Crippen molar-refractivity contribution in [1.82, 2.24) is 0 Å². The molecule has 0 saturated heterocycles. The summed E-state index contributed by atoms with van der Waals surface area (Å²) in [5.41, 5.74) is 9.67. The maximum absolute atomic E-state index is 5.98. The second-order valence-electron chi connectivity index (χ2n) is 14.4. The molecule has 48 heavy (non-hydrogen) atoms. The molecule has 5 heteroatoms. The Labute approximate surface area is 326 Å². The van der Waals surface area contributed by atoms with Crippen LogP contribution < -0.4 is 24.8 Å². The summed E-state index contributed by atoms with van der Waals surface area (Å²) in [7, 11) is 0. The standard InChI is InChI=1S/C25H33.C13H8Cl2.C5H5.2ClH.Zr/c1-15-13-21-19-11-7-8-12-20(19)24-18-10-6-5-9-17(18)14-22(24)23(21)16(2)25(15,3)4;14-12-5-1-3-10(8-12)7-11-4-2-6-13(15)9-11;1-2-4-5-3-1;;;/h5-6,9-10,15,19-21,24H,7-8,11-14H2,1-4H3;1-6,8-9H;1-5H;2*1H;/q-1;;-1;;;+2/p-2. The Morgan fingerprint density at radius 3 is 1.96 bits per heavy atom. The second-order valence-corrected chi connectivity index (χ2v) is 16.5. The molecule has 0 N–H and O–H groups in total. The first-order valence-corrected chi connectivity index (χ1v) is 19.1. The number of hydrogen-bond donors (Lipinski definition) is 0. The van der Waals surface area contributed by atoms with Crippen molar-refractivity contribution in [3.8, 4) is 0 Å². The number of benzene rings is 3. The molecule has 0 aliphatic heterocycles. The van der Waals surface area contributed by atoms with E-state index in [0.717, 1.165) is 50.8 Å². The molecule has 0 heterocycles. The van der Waals surface area contributed by atoms with E-state index in [4.69, 9.17) is 23.2 Å². The molecule has 4 aliphatic carbocycles. The van der Waals surface area contributed by atoms with Gasteiger partial charge in [-0.2, -0.15) is 18.2 Å². The minimum atomic E-state index is 0. The quantitative estimate of drug-likeness (QED) is 0.211. The van der Waals surface area contributed by atoms with Crippen LogP contribution in [0.25, 0.3) is 0 Å². The largest absolute Gasteiger partial charge is 1.00 e. The molecule has 0 bridgehead atoms. The normalized spacial score (nSPS) is 24.4. The fraction of sp³-hybridized carbons (Fsp3) is 0.372. The fourth-order valence-corrected chi connectivity index (χ4v) is 9.93. The molecule has 0 amide bonds. The van der Waals surface area contributed by atoms with Gasteiger partial charge in [0.1, 0.15) is 0 Å². The Balaban J connectivity index is 0.000000195. The third-order valence-corrected chi connectivity index (χ3v) is 13.6. The molecule has 2 fully saturated rings. The van der Waals surface area contributed by atoms with Crippen LogP contribution in [0.5, 0.6) is 0 Å². The third-order valence-electron chi connectivity index (χ3n) is 11.7. The summed E-state index contributed by atoms with van der Waals surface area (Å²) in [5.74, 6) is 6.00. The van der Waals surface area contributed by atoms with E-state index in [1.165, 1.54) is 66.0 Å². The summed E-state index contributed by atoms with van der Waals surface area (Å²) < 4.78 is 1.26. The monoisotopic (exact) mass is 792 g/mol. The van der Waals surface area contributed by atoms with Crippen LogP contribution in [0, 0.1) is 35.0 Å². The fourth-order valence-electron chi connectivity index (χ4n) is 8.79. The molecule has 0 spiro atoms. The summed E-state index contributed by atoms with van der Waals surface area (Å²) in [5, 5.41) is 1.53. The third kappa shape index (κ3) is 8.19. The molecule has 2 saturated carbocycles. The minimum absolute atomic E-state index is 0. The number of allylic oxidation sites excluding steroid dienone is 2. The molecule has 252 valence electrons. The molecular formula is C43H46Cl4Zr-2. The van der Waals surface area contributed by atoms with E-state index in [0.29, 0.717) is 5.41 Å². The van der Waals surface area contributed by atoms with Crippen LogP contribution in [-0.2, 0) is 30.7 Å². The molecule has 4 aliphatic rings. The zero-order valence-corrected chi connectivity index (χ0v) is 33.9. The van der Waals surface area contributed by atoms with Gasteiger partial charge in [0.05, 0.1) is 0 Å². The van der Waals surface area contributed by atoms with E-state index < -0.39 is 0 Å². The van der Waals surface area contributed by atoms with Crippen LogP contribution in [0.1, 0.15) is 88.0 Å². The van der Waals surface area contributed by atoms with Crippen molar-refractivity contribution in [1.29, 1.82) is 0 Å². The number of fused-ring (bicyclic) bond motifs is 7. The van der Waals surface area contributed by atoms with Gasteiger partial charge in [0.25, 0.3) is 0 Å². The average molecular weight is 796 g/mol. The summed E-state index contributed by atoms with van der Waals surface area (Å²) in [6.07, 6.45) is 8.52. The zero-order valence-electron chi connectivity index (χ0n) is 28.5. The van der Waals surface area contributed by atoms with Gasteiger partial charge in [0.2, 0.25) is 0 Å². The molecule has 0 radical (unpaired) electrons. The predicted octanol–water partition coefficient (Wildman–Crippen LogP) is 6.24. The van der Waals surface area contributed by atoms with E-state index in [-0.39, 0.29) is 24.8 Å². The first-order chi connectivity index (χ1) is 22.2. The first kappa shape index (κ1) is 39.3. The van der Waals surface area contributed by atoms with E-state index in [1.807, 2.05) is 77.9 Å². The Hall–Kier alpha value is -1.47. The van der Waals surface area contributed by atoms with Crippen molar-refractivity contribution < 1.29 is 49.0 Å². The molecule has 0 nitrogen and oxygen atoms in total. The van der Waals surface area contributed by atoms with Crippen LogP contribution in [0.15, 0.2) is 114 Å². The van der Waals surface area contributed by atoms with Gasteiger partial charge in [0.15, 0.2) is 0 Å². The van der Waals surface area contributed by atoms with Crippen LogP contribution in [0.4, 0.5) is 0 Å². The zero-order chi connectivity index (χ0) is 32.4. The van der Waals surface area contributed by atoms with Gasteiger partial charge in [-0.3, -0.25) is 0 Å². The Bertz CT molecular complexity index is 1620. The maximum Gasteiger partial charge on any atom is -0.172 e. The van der Waals surface area contributed by atoms with Gasteiger partial charge >= 0.3 is 120 Å². The van der Waals surface area contributed by atoms with E-state index >= 15 is 0 Å². The van der Waals surface area contributed by atoms with Crippen molar-refractivity contribution in [2.75, 3.05) is 0 Å². The van der Waals surface area contributed by atoms with Crippen molar-refractivity contribution in [2.45, 2.75) is 72.1 Å². The van der Waals surface area contributed by atoms with Gasteiger partial charge in [0, 0.05) is 0 Å². The van der Waals surface area contributed by atoms with Gasteiger partial charge in [-0.05, 0) is 30.6 Å². The molecule has 4 aromatic carbocycles. The van der Waals surface area contributed by atoms with Crippen LogP contribution in [0.3, 0.4) is 0 Å². The summed E-state index contributed by atoms with van der Waals surface area (Å²) in [6, 6.07) is 35.2. The molecule has 8 rings (SSSR count). The predicted molar refractivity (Wildman–Crippen MR) is 193 cm³/mol.